The molecular formula is C19H21ClN2O5. The van der Waals surface area contributed by atoms with Crippen molar-refractivity contribution in [3.63, 3.8) is 0 Å². The SMILES string of the molecule is Cc1[nH]c(C(=O)OCC(=O)Nc2cccc(Cl)c2)c(C)c1C(=O)OC(C)C. The largest absolute Gasteiger partial charge is 0.459 e. The molecule has 2 aromatic rings. The lowest BCUT2D eigenvalue weighted by Crippen LogP contribution is -2.21. The second kappa shape index (κ2) is 8.73. The van der Waals surface area contributed by atoms with Gasteiger partial charge in [0.1, 0.15) is 5.69 Å². The van der Waals surface area contributed by atoms with Crippen LogP contribution in [0.25, 0.3) is 0 Å². The number of hydrogen-bond donors (Lipinski definition) is 2. The molecule has 7 nitrogen and oxygen atoms in total. The number of H-pyrrole nitrogens is 1. The van der Waals surface area contributed by atoms with Gasteiger partial charge >= 0.3 is 11.9 Å². The van der Waals surface area contributed by atoms with Crippen LogP contribution in [-0.4, -0.2) is 35.5 Å². The van der Waals surface area contributed by atoms with E-state index in [2.05, 4.69) is 10.3 Å². The van der Waals surface area contributed by atoms with Crippen molar-refractivity contribution in [1.29, 1.82) is 0 Å². The van der Waals surface area contributed by atoms with Crippen LogP contribution in [-0.2, 0) is 14.3 Å². The molecule has 2 rings (SSSR count). The maximum atomic E-state index is 12.3. The molecule has 2 N–H and O–H groups in total. The van der Waals surface area contributed by atoms with Crippen molar-refractivity contribution in [3.8, 4) is 0 Å². The van der Waals surface area contributed by atoms with E-state index in [1.807, 2.05) is 0 Å². The highest BCUT2D eigenvalue weighted by molar-refractivity contribution is 6.30. The van der Waals surface area contributed by atoms with E-state index >= 15 is 0 Å². The number of carbonyl (C=O) groups is 3. The number of amides is 1. The fraction of sp³-hybridized carbons (Fsp3) is 0.316. The molecule has 0 spiro atoms. The van der Waals surface area contributed by atoms with Gasteiger partial charge in [0.25, 0.3) is 5.91 Å². The molecular weight excluding hydrogens is 372 g/mol. The Morgan fingerprint density at radius 2 is 1.89 bits per heavy atom. The number of esters is 2. The zero-order chi connectivity index (χ0) is 20.1. The summed E-state index contributed by atoms with van der Waals surface area (Å²) in [7, 11) is 0. The van der Waals surface area contributed by atoms with Crippen molar-refractivity contribution >= 4 is 35.1 Å². The van der Waals surface area contributed by atoms with E-state index in [1.54, 1.807) is 52.0 Å². The van der Waals surface area contributed by atoms with Gasteiger partial charge in [-0.25, -0.2) is 9.59 Å². The van der Waals surface area contributed by atoms with Crippen LogP contribution in [0.2, 0.25) is 5.02 Å². The maximum Gasteiger partial charge on any atom is 0.355 e. The molecule has 27 heavy (non-hydrogen) atoms. The Kier molecular flexibility index (Phi) is 6.63. The zero-order valence-corrected chi connectivity index (χ0v) is 16.3. The highest BCUT2D eigenvalue weighted by Crippen LogP contribution is 2.20. The normalized spacial score (nSPS) is 10.6. The summed E-state index contributed by atoms with van der Waals surface area (Å²) < 4.78 is 10.2. The van der Waals surface area contributed by atoms with Gasteiger partial charge in [-0.05, 0) is 51.5 Å². The highest BCUT2D eigenvalue weighted by atomic mass is 35.5. The lowest BCUT2D eigenvalue weighted by Gasteiger charge is -2.08. The monoisotopic (exact) mass is 392 g/mol. The number of halogens is 1. The molecule has 0 aliphatic carbocycles. The first-order chi connectivity index (χ1) is 12.7. The van der Waals surface area contributed by atoms with Gasteiger partial charge in [-0.2, -0.15) is 0 Å². The second-order valence-corrected chi connectivity index (χ2v) is 6.65. The molecule has 0 unspecified atom stereocenters. The molecule has 144 valence electrons. The van der Waals surface area contributed by atoms with Gasteiger partial charge in [0, 0.05) is 16.4 Å². The van der Waals surface area contributed by atoms with Gasteiger partial charge in [0.15, 0.2) is 6.61 Å². The Bertz CT molecular complexity index is 873. The molecule has 0 aliphatic heterocycles. The van der Waals surface area contributed by atoms with Gasteiger partial charge in [-0.15, -0.1) is 0 Å². The standard InChI is InChI=1S/C19H21ClN2O5/c1-10(2)27-18(24)16-11(3)17(21-12(16)4)19(25)26-9-15(23)22-14-7-5-6-13(20)8-14/h5-8,10,21H,9H2,1-4H3,(H,22,23). The summed E-state index contributed by atoms with van der Waals surface area (Å²) in [6, 6.07) is 6.60. The number of anilines is 1. The third-order valence-corrected chi connectivity index (χ3v) is 3.87. The van der Waals surface area contributed by atoms with Crippen LogP contribution in [0.5, 0.6) is 0 Å². The van der Waals surface area contributed by atoms with Gasteiger partial charge in [0.2, 0.25) is 0 Å². The summed E-state index contributed by atoms with van der Waals surface area (Å²) in [5.74, 6) is -1.76. The summed E-state index contributed by atoms with van der Waals surface area (Å²) >= 11 is 5.85. The molecule has 1 aromatic heterocycles. The van der Waals surface area contributed by atoms with Gasteiger partial charge in [-0.1, -0.05) is 17.7 Å². The van der Waals surface area contributed by atoms with Crippen LogP contribution in [0.15, 0.2) is 24.3 Å². The van der Waals surface area contributed by atoms with E-state index in [0.717, 1.165) is 0 Å². The van der Waals surface area contributed by atoms with E-state index in [9.17, 15) is 14.4 Å². The van der Waals surface area contributed by atoms with E-state index in [0.29, 0.717) is 27.5 Å². The number of hydrogen-bond acceptors (Lipinski definition) is 5. The van der Waals surface area contributed by atoms with E-state index in [-0.39, 0.29) is 11.8 Å². The predicted octanol–water partition coefficient (Wildman–Crippen LogP) is 3.65. The van der Waals surface area contributed by atoms with Crippen molar-refractivity contribution in [2.24, 2.45) is 0 Å². The molecule has 1 amide bonds. The molecule has 1 aromatic carbocycles. The zero-order valence-electron chi connectivity index (χ0n) is 15.5. The summed E-state index contributed by atoms with van der Waals surface area (Å²) in [5, 5.41) is 3.05. The van der Waals surface area contributed by atoms with Crippen molar-refractivity contribution in [1.82, 2.24) is 4.98 Å². The number of rotatable bonds is 6. The molecule has 0 aliphatic rings. The number of nitrogens with one attached hydrogen (secondary N) is 2. The third-order valence-electron chi connectivity index (χ3n) is 3.63. The first-order valence-electron chi connectivity index (χ1n) is 8.31. The molecule has 0 radical (unpaired) electrons. The summed E-state index contributed by atoms with van der Waals surface area (Å²) in [6.07, 6.45) is -0.281. The van der Waals surface area contributed by atoms with Crippen LogP contribution >= 0.6 is 11.6 Å². The lowest BCUT2D eigenvalue weighted by molar-refractivity contribution is -0.119. The smallest absolute Gasteiger partial charge is 0.355 e. The number of aryl methyl sites for hydroxylation is 1. The quantitative estimate of drug-likeness (QED) is 0.731. The Morgan fingerprint density at radius 3 is 2.52 bits per heavy atom. The first kappa shape index (κ1) is 20.5. The molecule has 0 atom stereocenters. The predicted molar refractivity (Wildman–Crippen MR) is 101 cm³/mol. The van der Waals surface area contributed by atoms with Crippen molar-refractivity contribution < 1.29 is 23.9 Å². The van der Waals surface area contributed by atoms with E-state index < -0.39 is 24.5 Å². The topological polar surface area (TPSA) is 97.5 Å². The van der Waals surface area contributed by atoms with Gasteiger partial charge in [-0.3, -0.25) is 4.79 Å². The molecule has 8 heteroatoms. The number of ether oxygens (including phenoxy) is 2. The van der Waals surface area contributed by atoms with Gasteiger partial charge in [0.05, 0.1) is 11.7 Å². The van der Waals surface area contributed by atoms with Crippen molar-refractivity contribution in [2.75, 3.05) is 11.9 Å². The summed E-state index contributed by atoms with van der Waals surface area (Å²) in [5.41, 5.74) is 1.80. The minimum Gasteiger partial charge on any atom is -0.459 e. The summed E-state index contributed by atoms with van der Waals surface area (Å²) in [4.78, 5) is 39.2. The highest BCUT2D eigenvalue weighted by Gasteiger charge is 2.24. The Hall–Kier alpha value is -2.80. The van der Waals surface area contributed by atoms with Gasteiger partial charge < -0.3 is 19.8 Å². The average Bonchev–Trinajstić information content (AvgIpc) is 2.86. The lowest BCUT2D eigenvalue weighted by atomic mass is 10.1. The molecule has 0 saturated carbocycles. The fourth-order valence-corrected chi connectivity index (χ4v) is 2.69. The number of aromatic amines is 1. The molecule has 0 bridgehead atoms. The van der Waals surface area contributed by atoms with Crippen LogP contribution in [0.1, 0.15) is 46.0 Å². The molecule has 1 heterocycles. The Morgan fingerprint density at radius 1 is 1.19 bits per heavy atom. The van der Waals surface area contributed by atoms with Crippen molar-refractivity contribution in [3.05, 3.63) is 51.8 Å². The Balaban J connectivity index is 2.02. The van der Waals surface area contributed by atoms with Crippen LogP contribution in [0, 0.1) is 13.8 Å². The minimum atomic E-state index is -0.736. The third kappa shape index (κ3) is 5.34. The molecule has 0 saturated heterocycles. The maximum absolute atomic E-state index is 12.3. The van der Waals surface area contributed by atoms with E-state index in [1.165, 1.54) is 0 Å². The summed E-state index contributed by atoms with van der Waals surface area (Å²) in [6.45, 7) is 6.27. The number of aromatic nitrogens is 1. The average molecular weight is 393 g/mol. The van der Waals surface area contributed by atoms with Crippen LogP contribution in [0.4, 0.5) is 5.69 Å². The van der Waals surface area contributed by atoms with Crippen LogP contribution in [0.3, 0.4) is 0 Å². The first-order valence-corrected chi connectivity index (χ1v) is 8.69. The van der Waals surface area contributed by atoms with Crippen molar-refractivity contribution in [2.45, 2.75) is 33.8 Å². The fourth-order valence-electron chi connectivity index (χ4n) is 2.50. The number of carbonyl (C=O) groups excluding carboxylic acids is 3. The Labute approximate surface area is 162 Å². The van der Waals surface area contributed by atoms with Crippen LogP contribution < -0.4 is 5.32 Å². The number of benzene rings is 1. The minimum absolute atomic E-state index is 0.110. The van der Waals surface area contributed by atoms with E-state index in [4.69, 9.17) is 21.1 Å². The molecule has 0 fully saturated rings. The second-order valence-electron chi connectivity index (χ2n) is 6.21.